The number of hydrogen-bond acceptors (Lipinski definition) is 2. The first-order chi connectivity index (χ1) is 27.2. The first-order valence-corrected chi connectivity index (χ1v) is 18.3. The molecule has 0 aliphatic carbocycles. The Hall–Kier alpha value is -7.86. The summed E-state index contributed by atoms with van der Waals surface area (Å²) in [5.74, 6) is 0. The maximum atomic E-state index is 10.4. The molecule has 254 valence electrons. The number of nitriles is 2. The van der Waals surface area contributed by atoms with Crippen LogP contribution < -0.4 is 0 Å². The zero-order chi connectivity index (χ0) is 36.6. The Morgan fingerprint density at radius 2 is 0.891 bits per heavy atom. The second-order valence-electron chi connectivity index (χ2n) is 14.0. The molecular weight excluding hydrogens is 671 g/mol. The lowest BCUT2D eigenvalue weighted by molar-refractivity contribution is 1.16. The maximum absolute atomic E-state index is 10.4. The largest absolute Gasteiger partial charge is 0.309 e. The van der Waals surface area contributed by atoms with E-state index >= 15 is 0 Å². The molecule has 0 N–H and O–H groups in total. The van der Waals surface area contributed by atoms with Gasteiger partial charge in [-0.05, 0) is 90.0 Å². The SMILES string of the molecule is N#Cc1ccc2c(c1)c1ccccc1n2-c1cc(-c2cccc(-n3c4ccccc4c4c(-n5c6ccccc6c6ccccc65)cccc43)c2)ccc1C#N. The van der Waals surface area contributed by atoms with E-state index in [0.29, 0.717) is 11.1 Å². The van der Waals surface area contributed by atoms with Crippen LogP contribution in [0.4, 0.5) is 0 Å². The van der Waals surface area contributed by atoms with Gasteiger partial charge in [-0.3, -0.25) is 0 Å². The molecule has 8 aromatic carbocycles. The number of nitrogens with zero attached hydrogens (tertiary/aromatic N) is 5. The van der Waals surface area contributed by atoms with E-state index in [2.05, 4.69) is 159 Å². The van der Waals surface area contributed by atoms with Gasteiger partial charge in [-0.1, -0.05) is 97.1 Å². The second-order valence-corrected chi connectivity index (χ2v) is 14.0. The molecule has 0 aliphatic rings. The highest BCUT2D eigenvalue weighted by molar-refractivity contribution is 6.16. The summed E-state index contributed by atoms with van der Waals surface area (Å²) in [4.78, 5) is 0. The number of aromatic nitrogens is 3. The zero-order valence-electron chi connectivity index (χ0n) is 29.5. The lowest BCUT2D eigenvalue weighted by Gasteiger charge is -2.14. The van der Waals surface area contributed by atoms with Crippen molar-refractivity contribution in [2.24, 2.45) is 0 Å². The Morgan fingerprint density at radius 3 is 1.56 bits per heavy atom. The van der Waals surface area contributed by atoms with Crippen LogP contribution in [0.3, 0.4) is 0 Å². The Bertz CT molecular complexity index is 3420. The molecule has 0 saturated heterocycles. The lowest BCUT2D eigenvalue weighted by atomic mass is 10.0. The van der Waals surface area contributed by atoms with E-state index in [9.17, 15) is 10.5 Å². The molecule has 0 unspecified atom stereocenters. The van der Waals surface area contributed by atoms with Crippen molar-refractivity contribution in [2.45, 2.75) is 0 Å². The summed E-state index contributed by atoms with van der Waals surface area (Å²) in [7, 11) is 0. The van der Waals surface area contributed by atoms with Gasteiger partial charge in [-0.25, -0.2) is 0 Å². The molecule has 0 spiro atoms. The van der Waals surface area contributed by atoms with Gasteiger partial charge >= 0.3 is 0 Å². The fraction of sp³-hybridized carbons (Fsp3) is 0. The summed E-state index contributed by atoms with van der Waals surface area (Å²) in [6.45, 7) is 0. The minimum atomic E-state index is 0.576. The number of benzene rings is 8. The van der Waals surface area contributed by atoms with Crippen molar-refractivity contribution in [1.29, 1.82) is 10.5 Å². The summed E-state index contributed by atoms with van der Waals surface area (Å²) in [5.41, 5.74) is 12.8. The van der Waals surface area contributed by atoms with Crippen LogP contribution in [-0.4, -0.2) is 13.7 Å². The van der Waals surface area contributed by atoms with Crippen molar-refractivity contribution >= 4 is 65.4 Å². The van der Waals surface area contributed by atoms with Crippen molar-refractivity contribution < 1.29 is 0 Å². The zero-order valence-corrected chi connectivity index (χ0v) is 29.5. The first-order valence-electron chi connectivity index (χ1n) is 18.3. The highest BCUT2D eigenvalue weighted by Gasteiger charge is 2.20. The van der Waals surface area contributed by atoms with E-state index in [1.807, 2.05) is 42.5 Å². The van der Waals surface area contributed by atoms with Gasteiger partial charge in [0.25, 0.3) is 0 Å². The van der Waals surface area contributed by atoms with Crippen molar-refractivity contribution in [2.75, 3.05) is 0 Å². The van der Waals surface area contributed by atoms with E-state index in [-0.39, 0.29) is 0 Å². The standard InChI is InChI=1S/C50H29N5/c51-30-32-23-26-46-41(27-32)39-15-3-7-19-44(39)55(46)49-29-34(24-25-35(49)31-52)33-11-9-12-36(28-33)53-45-20-8-4-16-40(45)50-47(53)21-10-22-48(50)54-42-17-5-1-13-37(42)38-14-2-6-18-43(38)54/h1-29H. The summed E-state index contributed by atoms with van der Waals surface area (Å²) >= 11 is 0. The van der Waals surface area contributed by atoms with Gasteiger partial charge in [0.05, 0.1) is 61.7 Å². The summed E-state index contributed by atoms with van der Waals surface area (Å²) in [5, 5.41) is 26.9. The molecule has 11 rings (SSSR count). The first kappa shape index (κ1) is 30.7. The highest BCUT2D eigenvalue weighted by atomic mass is 15.0. The molecule has 55 heavy (non-hydrogen) atoms. The molecule has 3 aromatic heterocycles. The van der Waals surface area contributed by atoms with Crippen molar-refractivity contribution in [3.63, 3.8) is 0 Å². The Balaban J connectivity index is 1.12. The third-order valence-electron chi connectivity index (χ3n) is 11.1. The smallest absolute Gasteiger partial charge is 0.101 e. The van der Waals surface area contributed by atoms with E-state index < -0.39 is 0 Å². The van der Waals surface area contributed by atoms with Gasteiger partial charge in [0.1, 0.15) is 6.07 Å². The number of hydrogen-bond donors (Lipinski definition) is 0. The number of rotatable bonds is 4. The van der Waals surface area contributed by atoms with E-state index in [4.69, 9.17) is 0 Å². The average molecular weight is 700 g/mol. The lowest BCUT2D eigenvalue weighted by Crippen LogP contribution is -1.99. The summed E-state index contributed by atoms with van der Waals surface area (Å²) in [6.07, 6.45) is 0. The van der Waals surface area contributed by atoms with Crippen LogP contribution in [0.15, 0.2) is 176 Å². The van der Waals surface area contributed by atoms with Crippen molar-refractivity contribution in [1.82, 2.24) is 13.7 Å². The molecule has 0 saturated carbocycles. The minimum absolute atomic E-state index is 0.576. The number of fused-ring (bicyclic) bond motifs is 9. The predicted molar refractivity (Wildman–Crippen MR) is 224 cm³/mol. The topological polar surface area (TPSA) is 62.4 Å². The van der Waals surface area contributed by atoms with E-state index in [0.717, 1.165) is 61.0 Å². The van der Waals surface area contributed by atoms with Crippen LogP contribution in [0, 0.1) is 22.7 Å². The third-order valence-corrected chi connectivity index (χ3v) is 11.1. The monoisotopic (exact) mass is 699 g/mol. The molecule has 0 amide bonds. The van der Waals surface area contributed by atoms with Gasteiger partial charge in [0.2, 0.25) is 0 Å². The van der Waals surface area contributed by atoms with Gasteiger partial charge in [0, 0.05) is 38.0 Å². The quantitative estimate of drug-likeness (QED) is 0.184. The molecule has 0 bridgehead atoms. The minimum Gasteiger partial charge on any atom is -0.309 e. The molecule has 0 radical (unpaired) electrons. The summed E-state index contributed by atoms with van der Waals surface area (Å²) < 4.78 is 6.94. The Labute approximate surface area is 316 Å². The molecule has 5 heteroatoms. The van der Waals surface area contributed by atoms with Gasteiger partial charge in [-0.15, -0.1) is 0 Å². The van der Waals surface area contributed by atoms with Crippen molar-refractivity contribution in [3.05, 3.63) is 187 Å². The predicted octanol–water partition coefficient (Wildman–Crippen LogP) is 12.4. The van der Waals surface area contributed by atoms with Gasteiger partial charge in [0.15, 0.2) is 0 Å². The Kier molecular flexibility index (Phi) is 6.61. The Morgan fingerprint density at radius 1 is 0.345 bits per heavy atom. The van der Waals surface area contributed by atoms with Crippen LogP contribution in [0.25, 0.3) is 93.6 Å². The molecule has 5 nitrogen and oxygen atoms in total. The van der Waals surface area contributed by atoms with Crippen LogP contribution >= 0.6 is 0 Å². The van der Waals surface area contributed by atoms with Crippen LogP contribution in [0.2, 0.25) is 0 Å². The normalized spacial score (nSPS) is 11.6. The maximum Gasteiger partial charge on any atom is 0.101 e. The second kappa shape index (κ2) is 11.8. The van der Waals surface area contributed by atoms with Crippen LogP contribution in [0.1, 0.15) is 11.1 Å². The van der Waals surface area contributed by atoms with E-state index in [1.54, 1.807) is 0 Å². The fourth-order valence-electron chi connectivity index (χ4n) is 8.76. The van der Waals surface area contributed by atoms with Crippen LogP contribution in [0.5, 0.6) is 0 Å². The summed E-state index contributed by atoms with van der Waals surface area (Å²) in [6, 6.07) is 66.0. The molecule has 3 heterocycles. The van der Waals surface area contributed by atoms with Gasteiger partial charge < -0.3 is 13.7 Å². The molecule has 0 aliphatic heterocycles. The third kappa shape index (κ3) is 4.45. The molecular formula is C50H29N5. The van der Waals surface area contributed by atoms with Crippen molar-refractivity contribution in [3.8, 4) is 40.3 Å². The fourth-order valence-corrected chi connectivity index (χ4v) is 8.76. The van der Waals surface area contributed by atoms with Gasteiger partial charge in [-0.2, -0.15) is 10.5 Å². The molecule has 0 atom stereocenters. The van der Waals surface area contributed by atoms with E-state index in [1.165, 1.54) is 32.6 Å². The van der Waals surface area contributed by atoms with Crippen LogP contribution in [-0.2, 0) is 0 Å². The molecule has 11 aromatic rings. The molecule has 0 fully saturated rings. The average Bonchev–Trinajstić information content (AvgIpc) is 3.89. The number of para-hydroxylation sites is 4. The highest BCUT2D eigenvalue weighted by Crippen LogP contribution is 2.41.